The quantitative estimate of drug-likeness (QED) is 0.733. The van der Waals surface area contributed by atoms with Crippen molar-refractivity contribution in [1.82, 2.24) is 10.6 Å². The molecule has 2 amide bonds. The lowest BCUT2D eigenvalue weighted by Crippen LogP contribution is -2.48. The fourth-order valence-electron chi connectivity index (χ4n) is 1.78. The Hall–Kier alpha value is -2.04. The van der Waals surface area contributed by atoms with E-state index in [0.717, 1.165) is 5.56 Å². The van der Waals surface area contributed by atoms with Crippen molar-refractivity contribution in [3.63, 3.8) is 0 Å². The van der Waals surface area contributed by atoms with Gasteiger partial charge in [0.2, 0.25) is 0 Å². The SMILES string of the molecule is CCC(NC(=O)NC(C)Cc1ccccc1)C(=O)O. The number of hydrogen-bond donors (Lipinski definition) is 3. The van der Waals surface area contributed by atoms with Gasteiger partial charge in [0.05, 0.1) is 0 Å². The monoisotopic (exact) mass is 264 g/mol. The Morgan fingerprint density at radius 2 is 1.84 bits per heavy atom. The second-order valence-corrected chi connectivity index (χ2v) is 4.51. The summed E-state index contributed by atoms with van der Waals surface area (Å²) in [4.78, 5) is 22.4. The molecule has 1 aromatic rings. The predicted octanol–water partition coefficient (Wildman–Crippen LogP) is 1.78. The van der Waals surface area contributed by atoms with Crippen LogP contribution in [0.15, 0.2) is 30.3 Å². The number of urea groups is 1. The molecule has 19 heavy (non-hydrogen) atoms. The summed E-state index contributed by atoms with van der Waals surface area (Å²) >= 11 is 0. The molecule has 0 saturated carbocycles. The first kappa shape index (κ1) is 15.0. The number of carbonyl (C=O) groups excluding carboxylic acids is 1. The lowest BCUT2D eigenvalue weighted by atomic mass is 10.1. The summed E-state index contributed by atoms with van der Waals surface area (Å²) in [6.45, 7) is 3.60. The van der Waals surface area contributed by atoms with Crippen molar-refractivity contribution in [3.05, 3.63) is 35.9 Å². The Morgan fingerprint density at radius 3 is 2.37 bits per heavy atom. The molecule has 0 saturated heterocycles. The number of benzene rings is 1. The first-order valence-corrected chi connectivity index (χ1v) is 6.36. The van der Waals surface area contributed by atoms with Gasteiger partial charge in [-0.2, -0.15) is 0 Å². The summed E-state index contributed by atoms with van der Waals surface area (Å²) in [5.41, 5.74) is 1.13. The van der Waals surface area contributed by atoms with E-state index in [-0.39, 0.29) is 6.04 Å². The Balaban J connectivity index is 2.42. The minimum Gasteiger partial charge on any atom is -0.480 e. The Morgan fingerprint density at radius 1 is 1.21 bits per heavy atom. The van der Waals surface area contributed by atoms with Crippen LogP contribution in [0.1, 0.15) is 25.8 Å². The third-order valence-electron chi connectivity index (χ3n) is 2.77. The lowest BCUT2D eigenvalue weighted by molar-refractivity contribution is -0.139. The van der Waals surface area contributed by atoms with Gasteiger partial charge in [-0.3, -0.25) is 0 Å². The van der Waals surface area contributed by atoms with E-state index in [2.05, 4.69) is 10.6 Å². The van der Waals surface area contributed by atoms with E-state index in [1.807, 2.05) is 37.3 Å². The number of amides is 2. The molecular weight excluding hydrogens is 244 g/mol. The fraction of sp³-hybridized carbons (Fsp3) is 0.429. The molecule has 3 N–H and O–H groups in total. The second kappa shape index (κ2) is 7.41. The Kier molecular flexibility index (Phi) is 5.85. The molecule has 5 heteroatoms. The number of rotatable bonds is 6. The maximum absolute atomic E-state index is 11.6. The number of carboxylic acid groups (broad SMARTS) is 1. The van der Waals surface area contributed by atoms with E-state index in [4.69, 9.17) is 5.11 Å². The molecule has 0 radical (unpaired) electrons. The van der Waals surface area contributed by atoms with Crippen LogP contribution in [0.5, 0.6) is 0 Å². The van der Waals surface area contributed by atoms with E-state index in [1.165, 1.54) is 0 Å². The third-order valence-corrected chi connectivity index (χ3v) is 2.77. The Bertz CT molecular complexity index is 420. The molecule has 2 unspecified atom stereocenters. The van der Waals surface area contributed by atoms with Gasteiger partial charge in [0.1, 0.15) is 6.04 Å². The highest BCUT2D eigenvalue weighted by Crippen LogP contribution is 2.02. The zero-order chi connectivity index (χ0) is 14.3. The van der Waals surface area contributed by atoms with Crippen molar-refractivity contribution in [1.29, 1.82) is 0 Å². The maximum atomic E-state index is 11.6. The van der Waals surface area contributed by atoms with Gasteiger partial charge < -0.3 is 15.7 Å². The topological polar surface area (TPSA) is 78.4 Å². The first-order valence-electron chi connectivity index (χ1n) is 6.36. The van der Waals surface area contributed by atoms with Gasteiger partial charge in [-0.05, 0) is 25.3 Å². The van der Waals surface area contributed by atoms with E-state index in [9.17, 15) is 9.59 Å². The van der Waals surface area contributed by atoms with Gasteiger partial charge in [-0.1, -0.05) is 37.3 Å². The van der Waals surface area contributed by atoms with Crippen LogP contribution in [0.3, 0.4) is 0 Å². The number of carbonyl (C=O) groups is 2. The predicted molar refractivity (Wildman–Crippen MR) is 73.0 cm³/mol. The van der Waals surface area contributed by atoms with E-state index < -0.39 is 18.0 Å². The molecular formula is C14H20N2O3. The molecule has 1 aromatic carbocycles. The molecule has 0 heterocycles. The maximum Gasteiger partial charge on any atom is 0.326 e. The summed E-state index contributed by atoms with van der Waals surface area (Å²) in [6.07, 6.45) is 1.06. The fourth-order valence-corrected chi connectivity index (χ4v) is 1.78. The average Bonchev–Trinajstić information content (AvgIpc) is 2.36. The molecule has 0 aliphatic rings. The second-order valence-electron chi connectivity index (χ2n) is 4.51. The summed E-state index contributed by atoms with van der Waals surface area (Å²) in [7, 11) is 0. The third kappa shape index (κ3) is 5.42. The van der Waals surface area contributed by atoms with Crippen LogP contribution in [0.4, 0.5) is 4.79 Å². The van der Waals surface area contributed by atoms with Crippen molar-refractivity contribution < 1.29 is 14.7 Å². The number of hydrogen-bond acceptors (Lipinski definition) is 2. The summed E-state index contributed by atoms with van der Waals surface area (Å²) in [5, 5.41) is 14.0. The average molecular weight is 264 g/mol. The highest BCUT2D eigenvalue weighted by atomic mass is 16.4. The normalized spacial score (nSPS) is 13.4. The van der Waals surface area contributed by atoms with Gasteiger partial charge in [0, 0.05) is 6.04 Å². The molecule has 0 bridgehead atoms. The lowest BCUT2D eigenvalue weighted by Gasteiger charge is -2.17. The molecule has 0 spiro atoms. The highest BCUT2D eigenvalue weighted by molar-refractivity contribution is 5.82. The number of carboxylic acids is 1. The van der Waals surface area contributed by atoms with Crippen molar-refractivity contribution in [2.45, 2.75) is 38.8 Å². The molecule has 0 fully saturated rings. The zero-order valence-corrected chi connectivity index (χ0v) is 11.2. The van der Waals surface area contributed by atoms with Crippen molar-refractivity contribution >= 4 is 12.0 Å². The molecule has 1 rings (SSSR count). The summed E-state index contributed by atoms with van der Waals surface area (Å²) in [6, 6.07) is 8.45. The van der Waals surface area contributed by atoms with Gasteiger partial charge in [-0.15, -0.1) is 0 Å². The van der Waals surface area contributed by atoms with Crippen LogP contribution >= 0.6 is 0 Å². The standard InChI is InChI=1S/C14H20N2O3/c1-3-12(13(17)18)16-14(19)15-10(2)9-11-7-5-4-6-8-11/h4-8,10,12H,3,9H2,1-2H3,(H,17,18)(H2,15,16,19). The molecule has 2 atom stereocenters. The molecule has 0 aliphatic carbocycles. The van der Waals surface area contributed by atoms with E-state index in [0.29, 0.717) is 12.8 Å². The van der Waals surface area contributed by atoms with E-state index in [1.54, 1.807) is 6.92 Å². The van der Waals surface area contributed by atoms with Gasteiger partial charge in [0.15, 0.2) is 0 Å². The molecule has 104 valence electrons. The number of nitrogens with one attached hydrogen (secondary N) is 2. The van der Waals surface area contributed by atoms with Crippen molar-refractivity contribution in [3.8, 4) is 0 Å². The molecule has 0 aromatic heterocycles. The summed E-state index contributed by atoms with van der Waals surface area (Å²) < 4.78 is 0. The van der Waals surface area contributed by atoms with Crippen molar-refractivity contribution in [2.24, 2.45) is 0 Å². The highest BCUT2D eigenvalue weighted by Gasteiger charge is 2.18. The molecule has 5 nitrogen and oxygen atoms in total. The van der Waals surface area contributed by atoms with E-state index >= 15 is 0 Å². The summed E-state index contributed by atoms with van der Waals surface area (Å²) in [5.74, 6) is -1.02. The zero-order valence-electron chi connectivity index (χ0n) is 11.2. The van der Waals surface area contributed by atoms with Crippen LogP contribution in [-0.2, 0) is 11.2 Å². The van der Waals surface area contributed by atoms with Gasteiger partial charge >= 0.3 is 12.0 Å². The van der Waals surface area contributed by atoms with Crippen LogP contribution in [0, 0.1) is 0 Å². The minimum atomic E-state index is -1.02. The molecule has 0 aliphatic heterocycles. The first-order chi connectivity index (χ1) is 9.02. The largest absolute Gasteiger partial charge is 0.480 e. The minimum absolute atomic E-state index is 0.0614. The van der Waals surface area contributed by atoms with Crippen LogP contribution in [0.2, 0.25) is 0 Å². The van der Waals surface area contributed by atoms with Crippen LogP contribution in [-0.4, -0.2) is 29.2 Å². The smallest absolute Gasteiger partial charge is 0.326 e. The van der Waals surface area contributed by atoms with Gasteiger partial charge in [-0.25, -0.2) is 9.59 Å². The van der Waals surface area contributed by atoms with Crippen LogP contribution < -0.4 is 10.6 Å². The van der Waals surface area contributed by atoms with Crippen LogP contribution in [0.25, 0.3) is 0 Å². The Labute approximate surface area is 113 Å². The van der Waals surface area contributed by atoms with Gasteiger partial charge in [0.25, 0.3) is 0 Å². The van der Waals surface area contributed by atoms with Crippen molar-refractivity contribution in [2.75, 3.05) is 0 Å². The number of aliphatic carboxylic acids is 1.